The van der Waals surface area contributed by atoms with E-state index in [2.05, 4.69) is 15.8 Å². The number of benzene rings is 2. The third kappa shape index (κ3) is 7.18. The number of nitrogens with one attached hydrogen (secondary N) is 2. The molecule has 31 heavy (non-hydrogen) atoms. The van der Waals surface area contributed by atoms with E-state index in [-0.39, 0.29) is 23.6 Å². The van der Waals surface area contributed by atoms with E-state index in [0.29, 0.717) is 17.1 Å². The van der Waals surface area contributed by atoms with Gasteiger partial charge < -0.3 is 14.8 Å². The van der Waals surface area contributed by atoms with Crippen molar-refractivity contribution in [3.8, 4) is 11.5 Å². The van der Waals surface area contributed by atoms with E-state index in [1.807, 2.05) is 0 Å². The lowest BCUT2D eigenvalue weighted by atomic mass is 10.2. The van der Waals surface area contributed by atoms with Crippen LogP contribution in [0.1, 0.15) is 24.0 Å². The number of carbonyl (C=O) groups is 2. The fourth-order valence-electron chi connectivity index (χ4n) is 2.39. The molecule has 2 aromatic rings. The van der Waals surface area contributed by atoms with E-state index in [9.17, 15) is 22.8 Å². The highest BCUT2D eigenvalue weighted by Crippen LogP contribution is 2.33. The number of carbonyl (C=O) groups excluding carboxylic acids is 2. The molecule has 0 aliphatic heterocycles. The molecule has 0 atom stereocenters. The van der Waals surface area contributed by atoms with Crippen molar-refractivity contribution in [2.24, 2.45) is 5.10 Å². The molecule has 0 aliphatic rings. The van der Waals surface area contributed by atoms with Crippen molar-refractivity contribution >= 4 is 35.3 Å². The molecule has 0 radical (unpaired) electrons. The highest BCUT2D eigenvalue weighted by atomic mass is 35.5. The Hall–Kier alpha value is -3.27. The first-order valence-electron chi connectivity index (χ1n) is 8.84. The zero-order valence-electron chi connectivity index (χ0n) is 16.5. The molecular weight excluding hydrogens is 439 g/mol. The molecule has 2 rings (SSSR count). The van der Waals surface area contributed by atoms with Crippen molar-refractivity contribution in [1.29, 1.82) is 0 Å². The molecular formula is C20H19ClF3N3O4. The zero-order valence-corrected chi connectivity index (χ0v) is 17.3. The molecule has 0 aromatic heterocycles. The molecule has 0 spiro atoms. The highest BCUT2D eigenvalue weighted by Gasteiger charge is 2.31. The van der Waals surface area contributed by atoms with E-state index >= 15 is 0 Å². The first-order valence-corrected chi connectivity index (χ1v) is 9.22. The summed E-state index contributed by atoms with van der Waals surface area (Å²) in [6.45, 7) is 0. The van der Waals surface area contributed by atoms with E-state index in [1.54, 1.807) is 18.2 Å². The number of hydrogen-bond acceptors (Lipinski definition) is 5. The first kappa shape index (κ1) is 24.0. The molecule has 2 amide bonds. The molecule has 2 aromatic carbocycles. The lowest BCUT2D eigenvalue weighted by molar-refractivity contribution is -0.137. The van der Waals surface area contributed by atoms with Crippen LogP contribution in [0, 0.1) is 0 Å². The molecule has 2 N–H and O–H groups in total. The van der Waals surface area contributed by atoms with Crippen LogP contribution in [0.2, 0.25) is 5.02 Å². The summed E-state index contributed by atoms with van der Waals surface area (Å²) in [6, 6.07) is 7.59. The van der Waals surface area contributed by atoms with Gasteiger partial charge in [0.1, 0.15) is 11.5 Å². The van der Waals surface area contributed by atoms with E-state index in [4.69, 9.17) is 21.1 Å². The second-order valence-corrected chi connectivity index (χ2v) is 6.55. The van der Waals surface area contributed by atoms with Gasteiger partial charge in [0.15, 0.2) is 0 Å². The van der Waals surface area contributed by atoms with Gasteiger partial charge in [0.2, 0.25) is 11.8 Å². The monoisotopic (exact) mass is 457 g/mol. The fraction of sp³-hybridized carbons (Fsp3) is 0.250. The minimum atomic E-state index is -4.57. The highest BCUT2D eigenvalue weighted by molar-refractivity contribution is 6.33. The van der Waals surface area contributed by atoms with Gasteiger partial charge in [-0.05, 0) is 30.3 Å². The van der Waals surface area contributed by atoms with Crippen LogP contribution < -0.4 is 20.2 Å². The van der Waals surface area contributed by atoms with Crippen molar-refractivity contribution in [2.75, 3.05) is 19.5 Å². The number of ether oxygens (including phenoxy) is 2. The topological polar surface area (TPSA) is 89.0 Å². The second kappa shape index (κ2) is 10.7. The predicted octanol–water partition coefficient (Wildman–Crippen LogP) is 4.25. The summed E-state index contributed by atoms with van der Waals surface area (Å²) in [7, 11) is 2.99. The number of methoxy groups -OCH3 is 2. The number of anilines is 1. The largest absolute Gasteiger partial charge is 0.497 e. The normalized spacial score (nSPS) is 11.3. The summed E-state index contributed by atoms with van der Waals surface area (Å²) < 4.78 is 48.6. The maximum absolute atomic E-state index is 12.8. The molecule has 166 valence electrons. The van der Waals surface area contributed by atoms with Crippen LogP contribution >= 0.6 is 11.6 Å². The van der Waals surface area contributed by atoms with Gasteiger partial charge in [-0.25, -0.2) is 5.43 Å². The summed E-state index contributed by atoms with van der Waals surface area (Å²) in [6.07, 6.45) is -3.73. The molecule has 7 nitrogen and oxygen atoms in total. The number of hydrazone groups is 1. The lowest BCUT2D eigenvalue weighted by Gasteiger charge is -2.11. The quantitative estimate of drug-likeness (QED) is 0.458. The van der Waals surface area contributed by atoms with Crippen molar-refractivity contribution in [2.45, 2.75) is 19.0 Å². The second-order valence-electron chi connectivity index (χ2n) is 6.14. The van der Waals surface area contributed by atoms with Crippen molar-refractivity contribution in [1.82, 2.24) is 5.43 Å². The number of hydrogen-bond donors (Lipinski definition) is 2. The molecule has 0 aliphatic carbocycles. The minimum absolute atomic E-state index is 0.0520. The maximum atomic E-state index is 12.8. The van der Waals surface area contributed by atoms with Gasteiger partial charge in [0, 0.05) is 24.5 Å². The number of nitrogens with zero attached hydrogens (tertiary/aromatic N) is 1. The third-order valence-corrected chi connectivity index (χ3v) is 4.31. The van der Waals surface area contributed by atoms with Crippen molar-refractivity contribution in [3.05, 3.63) is 52.5 Å². The number of amides is 2. The summed E-state index contributed by atoms with van der Waals surface area (Å²) in [5, 5.41) is 6.01. The van der Waals surface area contributed by atoms with Gasteiger partial charge in [0.05, 0.1) is 36.7 Å². The van der Waals surface area contributed by atoms with Crippen LogP contribution in [-0.4, -0.2) is 32.2 Å². The van der Waals surface area contributed by atoms with E-state index in [1.165, 1.54) is 20.4 Å². The molecule has 0 fully saturated rings. The smallest absolute Gasteiger partial charge is 0.416 e. The Morgan fingerprint density at radius 3 is 2.42 bits per heavy atom. The van der Waals surface area contributed by atoms with Crippen LogP contribution in [0.25, 0.3) is 0 Å². The Morgan fingerprint density at radius 2 is 1.77 bits per heavy atom. The van der Waals surface area contributed by atoms with Crippen LogP contribution in [-0.2, 0) is 15.8 Å². The number of alkyl halides is 3. The molecule has 11 heteroatoms. The summed E-state index contributed by atoms with van der Waals surface area (Å²) in [5.74, 6) is -0.161. The Bertz CT molecular complexity index is 981. The predicted molar refractivity (Wildman–Crippen MR) is 110 cm³/mol. The van der Waals surface area contributed by atoms with Crippen LogP contribution in [0.15, 0.2) is 41.5 Å². The van der Waals surface area contributed by atoms with Crippen LogP contribution in [0.5, 0.6) is 11.5 Å². The van der Waals surface area contributed by atoms with Crippen molar-refractivity contribution < 1.29 is 32.2 Å². The minimum Gasteiger partial charge on any atom is -0.497 e. The number of rotatable bonds is 8. The van der Waals surface area contributed by atoms with Crippen LogP contribution in [0.4, 0.5) is 18.9 Å². The molecule has 0 saturated carbocycles. The standard InChI is InChI=1S/C20H19ClF3N3O4/c1-30-14-5-3-12(17(10-14)31-2)11-25-27-19(29)8-7-18(28)26-16-9-13(20(22,23)24)4-6-15(16)21/h3-6,9-11H,7-8H2,1-2H3,(H,26,28)(H,27,29)/b25-11+. The van der Waals surface area contributed by atoms with E-state index in [0.717, 1.165) is 18.2 Å². The van der Waals surface area contributed by atoms with Gasteiger partial charge in [0.25, 0.3) is 0 Å². The van der Waals surface area contributed by atoms with Gasteiger partial charge in [-0.3, -0.25) is 9.59 Å². The maximum Gasteiger partial charge on any atom is 0.416 e. The summed E-state index contributed by atoms with van der Waals surface area (Å²) in [5.41, 5.74) is 1.70. The Labute approximate surface area is 181 Å². The summed E-state index contributed by atoms with van der Waals surface area (Å²) >= 11 is 5.82. The van der Waals surface area contributed by atoms with E-state index < -0.39 is 23.6 Å². The fourth-order valence-corrected chi connectivity index (χ4v) is 2.56. The Balaban J connectivity index is 1.88. The van der Waals surface area contributed by atoms with Gasteiger partial charge in [-0.1, -0.05) is 11.6 Å². The average Bonchev–Trinajstić information content (AvgIpc) is 2.73. The lowest BCUT2D eigenvalue weighted by Crippen LogP contribution is -2.21. The van der Waals surface area contributed by atoms with Crippen molar-refractivity contribution in [3.63, 3.8) is 0 Å². The first-order chi connectivity index (χ1) is 14.6. The zero-order chi connectivity index (χ0) is 23.0. The molecule has 0 saturated heterocycles. The molecule has 0 heterocycles. The summed E-state index contributed by atoms with van der Waals surface area (Å²) in [4.78, 5) is 23.8. The molecule has 0 unspecified atom stereocenters. The van der Waals surface area contributed by atoms with Gasteiger partial charge in [-0.15, -0.1) is 0 Å². The Morgan fingerprint density at radius 1 is 1.06 bits per heavy atom. The van der Waals surface area contributed by atoms with Gasteiger partial charge >= 0.3 is 6.18 Å². The third-order valence-electron chi connectivity index (χ3n) is 3.98. The molecule has 0 bridgehead atoms. The number of halogens is 4. The Kier molecular flexibility index (Phi) is 8.26. The average molecular weight is 458 g/mol. The van der Waals surface area contributed by atoms with Gasteiger partial charge in [-0.2, -0.15) is 18.3 Å². The SMILES string of the molecule is COc1ccc(/C=N/NC(=O)CCC(=O)Nc2cc(C(F)(F)F)ccc2Cl)c(OC)c1. The van der Waals surface area contributed by atoms with Crippen LogP contribution in [0.3, 0.4) is 0 Å².